The van der Waals surface area contributed by atoms with Gasteiger partial charge in [-0.15, -0.1) is 0 Å². The molecule has 4 rings (SSSR count). The molecule has 4 atom stereocenters. The number of carbonyl (C=O) groups is 1. The molecule has 0 spiro atoms. The molecule has 21 heavy (non-hydrogen) atoms. The summed E-state index contributed by atoms with van der Waals surface area (Å²) >= 11 is 1.82. The van der Waals surface area contributed by atoms with Gasteiger partial charge in [-0.3, -0.25) is 14.1 Å². The number of rotatable bonds is 5. The lowest BCUT2D eigenvalue weighted by Crippen LogP contribution is -2.28. The maximum atomic E-state index is 12.5. The number of allylic oxidation sites excluding steroid dienone is 2. The minimum atomic E-state index is 0.283. The van der Waals surface area contributed by atoms with E-state index in [0.29, 0.717) is 23.0 Å². The van der Waals surface area contributed by atoms with E-state index in [1.807, 2.05) is 28.6 Å². The van der Waals surface area contributed by atoms with Crippen LogP contribution in [0.4, 0.5) is 0 Å². The van der Waals surface area contributed by atoms with E-state index in [0.717, 1.165) is 25.8 Å². The lowest BCUT2D eigenvalue weighted by molar-refractivity contribution is -0.129. The van der Waals surface area contributed by atoms with Crippen molar-refractivity contribution >= 4 is 17.9 Å². The standard InChI is InChI=1S/C17H20N2OS/c20-17-15-13-4-5-14(11-13)16(15)21-19(17)10-2-1-3-12-6-8-18-9-7-12/h4-9,13-16H,1-3,10-11H2. The van der Waals surface area contributed by atoms with E-state index >= 15 is 0 Å². The molecule has 2 aliphatic carbocycles. The van der Waals surface area contributed by atoms with Crippen LogP contribution in [0.15, 0.2) is 36.7 Å². The number of amides is 1. The topological polar surface area (TPSA) is 33.2 Å². The molecule has 1 aliphatic heterocycles. The second kappa shape index (κ2) is 5.48. The zero-order chi connectivity index (χ0) is 14.2. The van der Waals surface area contributed by atoms with Crippen molar-refractivity contribution in [2.45, 2.75) is 30.9 Å². The van der Waals surface area contributed by atoms with Crippen LogP contribution in [0, 0.1) is 17.8 Å². The Morgan fingerprint density at radius 3 is 2.81 bits per heavy atom. The van der Waals surface area contributed by atoms with Crippen LogP contribution in [-0.4, -0.2) is 27.0 Å². The van der Waals surface area contributed by atoms with E-state index in [9.17, 15) is 4.79 Å². The number of fused-ring (bicyclic) bond motifs is 5. The fourth-order valence-electron chi connectivity index (χ4n) is 3.91. The molecule has 0 radical (unpaired) electrons. The van der Waals surface area contributed by atoms with Crippen LogP contribution in [0.2, 0.25) is 0 Å². The van der Waals surface area contributed by atoms with Crippen LogP contribution in [0.5, 0.6) is 0 Å². The van der Waals surface area contributed by atoms with Gasteiger partial charge < -0.3 is 0 Å². The summed E-state index contributed by atoms with van der Waals surface area (Å²) in [6, 6.07) is 4.15. The highest BCUT2D eigenvalue weighted by Gasteiger charge is 2.54. The highest BCUT2D eigenvalue weighted by molar-refractivity contribution is 7.98. The number of unbranched alkanes of at least 4 members (excludes halogenated alkanes) is 1. The lowest BCUT2D eigenvalue weighted by atomic mass is 9.92. The quantitative estimate of drug-likeness (QED) is 0.476. The van der Waals surface area contributed by atoms with Gasteiger partial charge in [-0.1, -0.05) is 12.2 Å². The van der Waals surface area contributed by atoms with Crippen molar-refractivity contribution in [1.29, 1.82) is 0 Å². The van der Waals surface area contributed by atoms with E-state index in [-0.39, 0.29) is 5.92 Å². The Kier molecular flexibility index (Phi) is 3.49. The first-order chi connectivity index (χ1) is 10.3. The SMILES string of the molecule is O=C1C2C3C=CC(C3)C2SN1CCCCc1ccncc1. The summed E-state index contributed by atoms with van der Waals surface area (Å²) in [4.78, 5) is 16.5. The van der Waals surface area contributed by atoms with Crippen molar-refractivity contribution in [1.82, 2.24) is 9.29 Å². The molecule has 3 aliphatic rings. The van der Waals surface area contributed by atoms with Gasteiger partial charge in [0.25, 0.3) is 0 Å². The number of pyridine rings is 1. The Morgan fingerprint density at radius 2 is 2.00 bits per heavy atom. The Morgan fingerprint density at radius 1 is 1.19 bits per heavy atom. The summed E-state index contributed by atoms with van der Waals surface area (Å²) in [6.07, 6.45) is 12.8. The lowest BCUT2D eigenvalue weighted by Gasteiger charge is -2.17. The molecule has 1 saturated carbocycles. The van der Waals surface area contributed by atoms with Gasteiger partial charge in [-0.25, -0.2) is 0 Å². The largest absolute Gasteiger partial charge is 0.286 e. The summed E-state index contributed by atoms with van der Waals surface area (Å²) in [5.41, 5.74) is 1.34. The van der Waals surface area contributed by atoms with E-state index in [1.54, 1.807) is 0 Å². The first-order valence-corrected chi connectivity index (χ1v) is 8.72. The zero-order valence-corrected chi connectivity index (χ0v) is 12.8. The minimum absolute atomic E-state index is 0.283. The second-order valence-electron chi connectivity index (χ2n) is 6.30. The molecular formula is C17H20N2OS. The monoisotopic (exact) mass is 300 g/mol. The van der Waals surface area contributed by atoms with E-state index in [4.69, 9.17) is 0 Å². The fraction of sp³-hybridized carbons (Fsp3) is 0.529. The average molecular weight is 300 g/mol. The maximum absolute atomic E-state index is 12.5. The van der Waals surface area contributed by atoms with Crippen LogP contribution < -0.4 is 0 Å². The van der Waals surface area contributed by atoms with Gasteiger partial charge in [0.05, 0.1) is 5.92 Å². The smallest absolute Gasteiger partial charge is 0.237 e. The molecule has 1 aromatic rings. The van der Waals surface area contributed by atoms with Crippen LogP contribution >= 0.6 is 11.9 Å². The summed E-state index contributed by atoms with van der Waals surface area (Å²) < 4.78 is 2.05. The molecule has 0 aromatic carbocycles. The Bertz CT molecular complexity index is 559. The van der Waals surface area contributed by atoms with Crippen LogP contribution in [0.1, 0.15) is 24.8 Å². The van der Waals surface area contributed by atoms with Gasteiger partial charge >= 0.3 is 0 Å². The van der Waals surface area contributed by atoms with Crippen molar-refractivity contribution in [3.8, 4) is 0 Å². The normalized spacial score (nSPS) is 33.0. The van der Waals surface area contributed by atoms with Crippen LogP contribution in [-0.2, 0) is 11.2 Å². The Labute approximate surface area is 130 Å². The molecule has 2 heterocycles. The van der Waals surface area contributed by atoms with Gasteiger partial charge in [0.15, 0.2) is 0 Å². The molecule has 1 aromatic heterocycles. The summed E-state index contributed by atoms with van der Waals surface area (Å²) in [5, 5.41) is 0.535. The number of aryl methyl sites for hydroxylation is 1. The summed E-state index contributed by atoms with van der Waals surface area (Å²) in [6.45, 7) is 0.904. The minimum Gasteiger partial charge on any atom is -0.286 e. The third kappa shape index (κ3) is 2.39. The van der Waals surface area contributed by atoms with Crippen molar-refractivity contribution in [2.75, 3.05) is 6.54 Å². The van der Waals surface area contributed by atoms with Gasteiger partial charge in [0, 0.05) is 24.2 Å². The Hall–Kier alpha value is -1.29. The van der Waals surface area contributed by atoms with Gasteiger partial charge in [-0.05, 0) is 67.2 Å². The summed E-state index contributed by atoms with van der Waals surface area (Å²) in [7, 11) is 0. The van der Waals surface area contributed by atoms with E-state index in [2.05, 4.69) is 29.3 Å². The van der Waals surface area contributed by atoms with E-state index in [1.165, 1.54) is 12.0 Å². The molecule has 0 N–H and O–H groups in total. The van der Waals surface area contributed by atoms with Gasteiger partial charge in [0.1, 0.15) is 0 Å². The van der Waals surface area contributed by atoms with Crippen LogP contribution in [0.3, 0.4) is 0 Å². The average Bonchev–Trinajstić information content (AvgIpc) is 3.19. The highest BCUT2D eigenvalue weighted by atomic mass is 32.2. The molecule has 1 amide bonds. The molecule has 1 saturated heterocycles. The van der Waals surface area contributed by atoms with Crippen molar-refractivity contribution < 1.29 is 4.79 Å². The Balaban J connectivity index is 1.27. The first kappa shape index (κ1) is 13.4. The molecule has 4 heteroatoms. The van der Waals surface area contributed by atoms with E-state index < -0.39 is 0 Å². The second-order valence-corrected chi connectivity index (χ2v) is 7.49. The number of nitrogens with zero attached hydrogens (tertiary/aromatic N) is 2. The molecule has 2 fully saturated rings. The maximum Gasteiger partial charge on any atom is 0.237 e. The predicted molar refractivity (Wildman–Crippen MR) is 84.5 cm³/mol. The summed E-state index contributed by atoms with van der Waals surface area (Å²) in [5.74, 6) is 1.86. The molecule has 2 bridgehead atoms. The molecule has 3 nitrogen and oxygen atoms in total. The predicted octanol–water partition coefficient (Wildman–Crippen LogP) is 3.09. The molecular weight excluding hydrogens is 280 g/mol. The van der Waals surface area contributed by atoms with Gasteiger partial charge in [0.2, 0.25) is 5.91 Å². The third-order valence-corrected chi connectivity index (χ3v) is 6.50. The zero-order valence-electron chi connectivity index (χ0n) is 12.0. The first-order valence-electron chi connectivity index (χ1n) is 7.88. The van der Waals surface area contributed by atoms with Crippen molar-refractivity contribution in [3.63, 3.8) is 0 Å². The van der Waals surface area contributed by atoms with Crippen LogP contribution in [0.25, 0.3) is 0 Å². The fourth-order valence-corrected chi connectivity index (χ4v) is 5.47. The van der Waals surface area contributed by atoms with Gasteiger partial charge in [-0.2, -0.15) is 0 Å². The number of carbonyl (C=O) groups excluding carboxylic acids is 1. The number of hydrogen-bond acceptors (Lipinski definition) is 3. The highest BCUT2D eigenvalue weighted by Crippen LogP contribution is 2.54. The van der Waals surface area contributed by atoms with Crippen molar-refractivity contribution in [2.24, 2.45) is 17.8 Å². The number of hydrogen-bond donors (Lipinski definition) is 0. The van der Waals surface area contributed by atoms with Crippen molar-refractivity contribution in [3.05, 3.63) is 42.2 Å². The molecule has 110 valence electrons. The molecule has 4 unspecified atom stereocenters. The number of aromatic nitrogens is 1. The third-order valence-electron chi connectivity index (χ3n) is 4.99.